The molecule has 3 aromatic heterocycles. The molecule has 0 radical (unpaired) electrons. The molecule has 1 amide bonds. The lowest BCUT2D eigenvalue weighted by atomic mass is 10.2. The van der Waals surface area contributed by atoms with E-state index in [9.17, 15) is 14.9 Å². The van der Waals surface area contributed by atoms with Gasteiger partial charge in [0.1, 0.15) is 5.02 Å². The lowest BCUT2D eigenvalue weighted by molar-refractivity contribution is -0.394. The Balaban J connectivity index is 1.40. The van der Waals surface area contributed by atoms with Crippen molar-refractivity contribution in [3.05, 3.63) is 80.5 Å². The predicted octanol–water partition coefficient (Wildman–Crippen LogP) is 2.69. The third-order valence-corrected chi connectivity index (χ3v) is 4.59. The zero-order valence-corrected chi connectivity index (χ0v) is 17.1. The number of rotatable bonds is 7. The zero-order chi connectivity index (χ0) is 22.0. The highest BCUT2D eigenvalue weighted by Crippen LogP contribution is 2.21. The van der Waals surface area contributed by atoms with Gasteiger partial charge in [0.2, 0.25) is 6.33 Å². The number of nitro groups is 1. The Hall–Kier alpha value is -3.77. The van der Waals surface area contributed by atoms with Crippen molar-refractivity contribution in [1.82, 2.24) is 34.3 Å². The van der Waals surface area contributed by atoms with Crippen LogP contribution in [0, 0.1) is 10.1 Å². The van der Waals surface area contributed by atoms with Gasteiger partial charge in [-0.15, -0.1) is 0 Å². The summed E-state index contributed by atoms with van der Waals surface area (Å²) in [6.07, 6.45) is 4.33. The topological polar surface area (TPSA) is 139 Å². The van der Waals surface area contributed by atoms with E-state index in [1.165, 1.54) is 28.0 Å². The van der Waals surface area contributed by atoms with Crippen LogP contribution in [0.25, 0.3) is 0 Å². The van der Waals surface area contributed by atoms with Gasteiger partial charge in [-0.3, -0.25) is 9.48 Å². The SMILES string of the molecule is O=C(Nc1nn(Cc2ccc(Cl)cc2)cc1Cl)c1ccn(Cn2cnc([N+](=O)[O-])n2)n1. The summed E-state index contributed by atoms with van der Waals surface area (Å²) in [6.45, 7) is 0.496. The molecule has 1 aromatic carbocycles. The molecule has 0 bridgehead atoms. The Morgan fingerprint density at radius 2 is 1.84 bits per heavy atom. The molecule has 4 aromatic rings. The minimum absolute atomic E-state index is 0.0462. The average Bonchev–Trinajstić information content (AvgIpc) is 3.45. The van der Waals surface area contributed by atoms with E-state index in [-0.39, 0.29) is 23.2 Å². The summed E-state index contributed by atoms with van der Waals surface area (Å²) in [7, 11) is 0. The maximum atomic E-state index is 12.5. The molecule has 0 fully saturated rings. The Kier molecular flexibility index (Phi) is 5.64. The Labute approximate surface area is 184 Å². The maximum Gasteiger partial charge on any atom is 0.491 e. The van der Waals surface area contributed by atoms with Crippen molar-refractivity contribution in [2.75, 3.05) is 5.32 Å². The van der Waals surface area contributed by atoms with E-state index in [4.69, 9.17) is 23.2 Å². The van der Waals surface area contributed by atoms with Crippen molar-refractivity contribution in [3.8, 4) is 0 Å². The molecule has 4 rings (SSSR count). The van der Waals surface area contributed by atoms with E-state index in [1.807, 2.05) is 12.1 Å². The van der Waals surface area contributed by atoms with Crippen LogP contribution >= 0.6 is 23.2 Å². The van der Waals surface area contributed by atoms with Crippen LogP contribution in [-0.2, 0) is 13.2 Å². The van der Waals surface area contributed by atoms with Gasteiger partial charge in [0.05, 0.1) is 6.54 Å². The van der Waals surface area contributed by atoms with Gasteiger partial charge in [-0.05, 0) is 28.7 Å². The fraction of sp³-hybridized carbons (Fsp3) is 0.118. The second-order valence-electron chi connectivity index (χ2n) is 6.33. The third-order valence-electron chi connectivity index (χ3n) is 4.06. The van der Waals surface area contributed by atoms with Crippen molar-refractivity contribution < 1.29 is 9.72 Å². The summed E-state index contributed by atoms with van der Waals surface area (Å²) in [5.41, 5.74) is 1.08. The maximum absolute atomic E-state index is 12.5. The van der Waals surface area contributed by atoms with Crippen LogP contribution in [0.3, 0.4) is 0 Å². The Morgan fingerprint density at radius 3 is 2.55 bits per heavy atom. The van der Waals surface area contributed by atoms with Gasteiger partial charge < -0.3 is 15.4 Å². The summed E-state index contributed by atoms with van der Waals surface area (Å²) in [4.78, 5) is 26.0. The molecule has 158 valence electrons. The number of benzene rings is 1. The molecule has 14 heteroatoms. The molecule has 0 saturated heterocycles. The number of nitrogens with one attached hydrogen (secondary N) is 1. The molecule has 31 heavy (non-hydrogen) atoms. The van der Waals surface area contributed by atoms with E-state index < -0.39 is 16.8 Å². The number of hydrogen-bond acceptors (Lipinski definition) is 7. The van der Waals surface area contributed by atoms with Crippen LogP contribution in [0.15, 0.2) is 49.1 Å². The molecule has 0 saturated carbocycles. The lowest BCUT2D eigenvalue weighted by Crippen LogP contribution is -2.15. The van der Waals surface area contributed by atoms with Crippen molar-refractivity contribution in [2.24, 2.45) is 0 Å². The summed E-state index contributed by atoms with van der Waals surface area (Å²) in [5.74, 6) is -0.835. The number of carbonyl (C=O) groups excluding carboxylic acids is 1. The van der Waals surface area contributed by atoms with Gasteiger partial charge in [0.15, 0.2) is 18.2 Å². The first-order chi connectivity index (χ1) is 14.9. The molecular formula is C17H13Cl2N9O3. The predicted molar refractivity (Wildman–Crippen MR) is 110 cm³/mol. The average molecular weight is 462 g/mol. The van der Waals surface area contributed by atoms with Crippen molar-refractivity contribution >= 4 is 40.9 Å². The first-order valence-corrected chi connectivity index (χ1v) is 9.49. The lowest BCUT2D eigenvalue weighted by Gasteiger charge is -2.02. The first-order valence-electron chi connectivity index (χ1n) is 8.73. The summed E-state index contributed by atoms with van der Waals surface area (Å²) in [6, 6.07) is 8.77. The second-order valence-corrected chi connectivity index (χ2v) is 7.17. The minimum atomic E-state index is -0.700. The molecule has 0 spiro atoms. The van der Waals surface area contributed by atoms with Crippen LogP contribution in [-0.4, -0.2) is 45.2 Å². The van der Waals surface area contributed by atoms with Gasteiger partial charge >= 0.3 is 5.95 Å². The van der Waals surface area contributed by atoms with Crippen molar-refractivity contribution in [3.63, 3.8) is 0 Å². The van der Waals surface area contributed by atoms with E-state index in [1.54, 1.807) is 23.0 Å². The second kappa shape index (κ2) is 8.53. The number of anilines is 1. The third kappa shape index (κ3) is 4.87. The molecule has 3 heterocycles. The van der Waals surface area contributed by atoms with Crippen LogP contribution < -0.4 is 5.32 Å². The summed E-state index contributed by atoms with van der Waals surface area (Å²) < 4.78 is 4.20. The molecule has 0 atom stereocenters. The number of nitrogens with zero attached hydrogens (tertiary/aromatic N) is 8. The fourth-order valence-corrected chi connectivity index (χ4v) is 2.98. The number of amides is 1. The van der Waals surface area contributed by atoms with E-state index >= 15 is 0 Å². The fourth-order valence-electron chi connectivity index (χ4n) is 2.66. The highest BCUT2D eigenvalue weighted by molar-refractivity contribution is 6.33. The molecule has 0 aliphatic heterocycles. The summed E-state index contributed by atoms with van der Waals surface area (Å²) in [5, 5.41) is 26.3. The number of aromatic nitrogens is 7. The van der Waals surface area contributed by atoms with Gasteiger partial charge in [0, 0.05) is 22.5 Å². The molecule has 0 aliphatic rings. The summed E-state index contributed by atoms with van der Waals surface area (Å²) >= 11 is 12.1. The van der Waals surface area contributed by atoms with Crippen LogP contribution in [0.4, 0.5) is 11.8 Å². The monoisotopic (exact) mass is 461 g/mol. The largest absolute Gasteiger partial charge is 0.491 e. The first kappa shape index (κ1) is 20.5. The quantitative estimate of drug-likeness (QED) is 0.329. The van der Waals surface area contributed by atoms with Crippen molar-refractivity contribution in [1.29, 1.82) is 0 Å². The van der Waals surface area contributed by atoms with Crippen LogP contribution in [0.5, 0.6) is 0 Å². The molecule has 0 unspecified atom stereocenters. The van der Waals surface area contributed by atoms with E-state index in [0.717, 1.165) is 5.56 Å². The highest BCUT2D eigenvalue weighted by atomic mass is 35.5. The number of carbonyl (C=O) groups is 1. The molecule has 1 N–H and O–H groups in total. The Bertz CT molecular complexity index is 1250. The van der Waals surface area contributed by atoms with Crippen molar-refractivity contribution in [2.45, 2.75) is 13.2 Å². The Morgan fingerprint density at radius 1 is 1.06 bits per heavy atom. The van der Waals surface area contributed by atoms with E-state index in [0.29, 0.717) is 11.6 Å². The normalized spacial score (nSPS) is 10.9. The molecular weight excluding hydrogens is 449 g/mol. The minimum Gasteiger partial charge on any atom is -0.390 e. The standard InChI is InChI=1S/C17H13Cl2N9O3/c18-12-3-1-11(2-4-12)7-26-8-13(19)15(23-26)21-16(29)14-5-6-25(22-14)10-27-9-20-17(24-27)28(30)31/h1-6,8-9H,7,10H2,(H,21,23,29). The van der Waals surface area contributed by atoms with Gasteiger partial charge in [0.25, 0.3) is 5.91 Å². The zero-order valence-electron chi connectivity index (χ0n) is 15.6. The molecule has 12 nitrogen and oxygen atoms in total. The van der Waals surface area contributed by atoms with Gasteiger partial charge in [-0.2, -0.15) is 14.9 Å². The smallest absolute Gasteiger partial charge is 0.390 e. The van der Waals surface area contributed by atoms with Gasteiger partial charge in [-0.25, -0.2) is 4.68 Å². The van der Waals surface area contributed by atoms with Gasteiger partial charge in [-0.1, -0.05) is 40.3 Å². The molecule has 0 aliphatic carbocycles. The number of hydrogen-bond donors (Lipinski definition) is 1. The van der Waals surface area contributed by atoms with Crippen LogP contribution in [0.2, 0.25) is 10.0 Å². The number of halogens is 2. The van der Waals surface area contributed by atoms with Crippen LogP contribution in [0.1, 0.15) is 16.1 Å². The van der Waals surface area contributed by atoms with E-state index in [2.05, 4.69) is 25.6 Å². The highest BCUT2D eigenvalue weighted by Gasteiger charge is 2.17.